The van der Waals surface area contributed by atoms with Crippen molar-refractivity contribution in [3.05, 3.63) is 39.8 Å². The molecule has 0 amide bonds. The van der Waals surface area contributed by atoms with E-state index in [0.29, 0.717) is 24.1 Å². The molecule has 0 radical (unpaired) electrons. The average molecular weight is 412 g/mol. The maximum atomic E-state index is 12.8. The van der Waals surface area contributed by atoms with Crippen LogP contribution in [0, 0.1) is 12.8 Å². The maximum Gasteiger partial charge on any atom is 0.306 e. The van der Waals surface area contributed by atoms with Crippen LogP contribution in [0.15, 0.2) is 33.2 Å². The van der Waals surface area contributed by atoms with Crippen LogP contribution in [-0.2, 0) is 4.79 Å². The molecule has 2 aliphatic carbocycles. The van der Waals surface area contributed by atoms with E-state index in [4.69, 9.17) is 0 Å². The van der Waals surface area contributed by atoms with Crippen LogP contribution >= 0.6 is 0 Å². The van der Waals surface area contributed by atoms with Crippen molar-refractivity contribution in [2.75, 3.05) is 0 Å². The number of aromatic hydroxyl groups is 1. The minimum Gasteiger partial charge on any atom is -0.505 e. The van der Waals surface area contributed by atoms with Gasteiger partial charge in [-0.15, -0.1) is 10.2 Å². The highest BCUT2D eigenvalue weighted by molar-refractivity contribution is 5.70. The number of carbonyl (C=O) groups is 1. The fraction of sp³-hybridized carbons (Fsp3) is 0.545. The molecule has 2 saturated carbocycles. The minimum atomic E-state index is -0.781. The fourth-order valence-electron chi connectivity index (χ4n) is 4.86. The Bertz CT molecular complexity index is 1020. The van der Waals surface area contributed by atoms with Crippen LogP contribution in [-0.4, -0.2) is 26.0 Å². The Morgan fingerprint density at radius 3 is 2.63 bits per heavy atom. The third-order valence-corrected chi connectivity index (χ3v) is 6.52. The average Bonchev–Trinajstić information content (AvgIpc) is 3.36. The van der Waals surface area contributed by atoms with Crippen molar-refractivity contribution in [3.8, 4) is 5.75 Å². The van der Waals surface area contributed by atoms with E-state index in [1.165, 1.54) is 0 Å². The molecule has 30 heavy (non-hydrogen) atoms. The minimum absolute atomic E-state index is 0.0154. The Balaban J connectivity index is 1.59. The number of aryl methyl sites for hydroxylation is 1. The lowest BCUT2D eigenvalue weighted by Crippen LogP contribution is -2.21. The Morgan fingerprint density at radius 1 is 1.13 bits per heavy atom. The van der Waals surface area contributed by atoms with Gasteiger partial charge in [0.05, 0.1) is 17.7 Å². The molecule has 1 aromatic heterocycles. The summed E-state index contributed by atoms with van der Waals surface area (Å²) in [7, 11) is 0. The van der Waals surface area contributed by atoms with Gasteiger partial charge >= 0.3 is 5.97 Å². The summed E-state index contributed by atoms with van der Waals surface area (Å²) >= 11 is 0. The maximum absolute atomic E-state index is 12.8. The van der Waals surface area contributed by atoms with Crippen molar-refractivity contribution >= 4 is 17.3 Å². The van der Waals surface area contributed by atoms with Crippen molar-refractivity contribution in [2.45, 2.75) is 70.3 Å². The molecule has 2 aliphatic rings. The Labute approximate surface area is 174 Å². The van der Waals surface area contributed by atoms with Crippen molar-refractivity contribution in [1.29, 1.82) is 0 Å². The number of aromatic amines is 1. The largest absolute Gasteiger partial charge is 0.505 e. The van der Waals surface area contributed by atoms with Crippen molar-refractivity contribution in [3.63, 3.8) is 0 Å². The number of H-pyrrole nitrogens is 1. The van der Waals surface area contributed by atoms with Crippen LogP contribution in [0.1, 0.15) is 74.6 Å². The number of hydrogen-bond acceptors (Lipinski definition) is 5. The topological polar surface area (TPSA) is 120 Å². The van der Waals surface area contributed by atoms with Gasteiger partial charge in [-0.1, -0.05) is 31.4 Å². The lowest BCUT2D eigenvalue weighted by molar-refractivity contribution is -0.143. The number of carboxylic acids is 1. The highest BCUT2D eigenvalue weighted by Gasteiger charge is 2.29. The van der Waals surface area contributed by atoms with E-state index < -0.39 is 5.97 Å². The molecule has 160 valence electrons. The van der Waals surface area contributed by atoms with Gasteiger partial charge in [0.15, 0.2) is 5.69 Å². The number of nitrogens with one attached hydrogen (secondary N) is 1. The van der Waals surface area contributed by atoms with Gasteiger partial charge in [0.1, 0.15) is 11.4 Å². The second-order valence-corrected chi connectivity index (χ2v) is 8.51. The molecule has 2 aromatic rings. The first-order chi connectivity index (χ1) is 14.5. The zero-order valence-corrected chi connectivity index (χ0v) is 17.2. The Morgan fingerprint density at radius 2 is 1.90 bits per heavy atom. The molecule has 8 nitrogen and oxygen atoms in total. The van der Waals surface area contributed by atoms with E-state index in [2.05, 4.69) is 15.3 Å². The van der Waals surface area contributed by atoms with Gasteiger partial charge in [0, 0.05) is 0 Å². The molecule has 2 atom stereocenters. The van der Waals surface area contributed by atoms with Crippen LogP contribution in [0.25, 0.3) is 0 Å². The molecule has 2 unspecified atom stereocenters. The molecule has 3 N–H and O–H groups in total. The molecule has 2 fully saturated rings. The Kier molecular flexibility index (Phi) is 5.74. The molecule has 8 heteroatoms. The molecular weight excluding hydrogens is 384 g/mol. The predicted octanol–water partition coefficient (Wildman–Crippen LogP) is 5.08. The molecule has 1 heterocycles. The lowest BCUT2D eigenvalue weighted by atomic mass is 9.77. The number of hydrogen-bond donors (Lipinski definition) is 3. The highest BCUT2D eigenvalue weighted by atomic mass is 16.4. The van der Waals surface area contributed by atoms with E-state index in [9.17, 15) is 19.8 Å². The second kappa shape index (κ2) is 8.45. The number of phenols is 1. The van der Waals surface area contributed by atoms with Crippen LogP contribution < -0.4 is 5.56 Å². The summed E-state index contributed by atoms with van der Waals surface area (Å²) in [6, 6.07) is 5.44. The number of aliphatic carboxylic acids is 1. The zero-order valence-electron chi connectivity index (χ0n) is 17.2. The first-order valence-electron chi connectivity index (χ1n) is 10.7. The monoisotopic (exact) mass is 412 g/mol. The lowest BCUT2D eigenvalue weighted by Gasteiger charge is -2.27. The number of nitrogens with zero attached hydrogens (tertiary/aromatic N) is 3. The quantitative estimate of drug-likeness (QED) is 0.593. The molecule has 4 rings (SSSR count). The highest BCUT2D eigenvalue weighted by Crippen LogP contribution is 2.43. The van der Waals surface area contributed by atoms with Gasteiger partial charge in [0.25, 0.3) is 5.56 Å². The number of para-hydroxylation sites is 1. The van der Waals surface area contributed by atoms with Crippen LogP contribution in [0.4, 0.5) is 11.4 Å². The van der Waals surface area contributed by atoms with E-state index in [1.54, 1.807) is 23.7 Å². The summed E-state index contributed by atoms with van der Waals surface area (Å²) in [4.78, 5) is 24.1. The fourth-order valence-corrected chi connectivity index (χ4v) is 4.86. The summed E-state index contributed by atoms with van der Waals surface area (Å²) in [5, 5.41) is 31.6. The number of carboxylic acid groups (broad SMARTS) is 1. The molecule has 0 bridgehead atoms. The smallest absolute Gasteiger partial charge is 0.306 e. The number of benzene rings is 1. The number of rotatable bonds is 5. The van der Waals surface area contributed by atoms with E-state index >= 15 is 0 Å². The Hall–Kier alpha value is -2.90. The van der Waals surface area contributed by atoms with Crippen LogP contribution in [0.5, 0.6) is 5.75 Å². The van der Waals surface area contributed by atoms with E-state index in [1.807, 2.05) is 6.07 Å². The third-order valence-electron chi connectivity index (χ3n) is 6.52. The van der Waals surface area contributed by atoms with Gasteiger partial charge in [-0.3, -0.25) is 14.7 Å². The second-order valence-electron chi connectivity index (χ2n) is 8.51. The molecule has 0 aliphatic heterocycles. The molecule has 0 saturated heterocycles. The van der Waals surface area contributed by atoms with Crippen molar-refractivity contribution in [1.82, 2.24) is 9.78 Å². The van der Waals surface area contributed by atoms with Crippen molar-refractivity contribution < 1.29 is 15.0 Å². The molecular formula is C22H28N4O4. The number of azo groups is 1. The SMILES string of the molecule is Cc1[nH]n(C2CCCC2)c(=O)c1N=Nc1cccc(C2CCCC(C(=O)O)C2)c1O. The van der Waals surface area contributed by atoms with Gasteiger partial charge in [-0.2, -0.15) is 0 Å². The van der Waals surface area contributed by atoms with Crippen LogP contribution in [0.3, 0.4) is 0 Å². The molecule has 1 aromatic carbocycles. The molecule has 0 spiro atoms. The van der Waals surface area contributed by atoms with Gasteiger partial charge in [0.2, 0.25) is 0 Å². The predicted molar refractivity (Wildman–Crippen MR) is 112 cm³/mol. The van der Waals surface area contributed by atoms with E-state index in [-0.39, 0.29) is 40.6 Å². The third kappa shape index (κ3) is 3.91. The van der Waals surface area contributed by atoms with Gasteiger partial charge in [-0.25, -0.2) is 4.68 Å². The summed E-state index contributed by atoms with van der Waals surface area (Å²) in [5.74, 6) is -1.17. The summed E-state index contributed by atoms with van der Waals surface area (Å²) in [6.07, 6.45) is 7.04. The summed E-state index contributed by atoms with van der Waals surface area (Å²) in [5.41, 5.74) is 1.72. The van der Waals surface area contributed by atoms with E-state index in [0.717, 1.165) is 38.5 Å². The summed E-state index contributed by atoms with van der Waals surface area (Å²) in [6.45, 7) is 1.80. The normalized spacial score (nSPS) is 22.7. The van der Waals surface area contributed by atoms with Gasteiger partial charge < -0.3 is 10.2 Å². The van der Waals surface area contributed by atoms with Crippen molar-refractivity contribution in [2.24, 2.45) is 16.1 Å². The zero-order chi connectivity index (χ0) is 21.3. The van der Waals surface area contributed by atoms with Crippen LogP contribution in [0.2, 0.25) is 0 Å². The van der Waals surface area contributed by atoms with Gasteiger partial charge in [-0.05, 0) is 56.6 Å². The standard InChI is InChI=1S/C22H28N4O4/c1-13-19(21(28)26(25-13)16-8-2-3-9-16)24-23-18-11-5-10-17(20(18)27)14-6-4-7-15(12-14)22(29)30/h5,10-11,14-16,25,27H,2-4,6-9,12H2,1H3,(H,29,30). The first-order valence-corrected chi connectivity index (χ1v) is 10.7. The number of aromatic nitrogens is 2. The summed E-state index contributed by atoms with van der Waals surface area (Å²) < 4.78 is 1.65. The first kappa shape index (κ1) is 20.4. The number of phenolic OH excluding ortho intramolecular Hbond substituents is 1.